The van der Waals surface area contributed by atoms with Crippen LogP contribution in [0.3, 0.4) is 0 Å². The van der Waals surface area contributed by atoms with Gasteiger partial charge in [-0.05, 0) is 43.3 Å². The number of aromatic nitrogens is 1. The third-order valence-corrected chi connectivity index (χ3v) is 3.97. The maximum absolute atomic E-state index is 12.0. The van der Waals surface area contributed by atoms with E-state index in [1.54, 1.807) is 36.4 Å². The first kappa shape index (κ1) is 20.7. The highest BCUT2D eigenvalue weighted by atomic mass is 35.5. The SMILES string of the molecule is CC(OC(=O)CCNC(=O)c1ccc(Cl)cc1)C(=O)Nc1cccnc1Cl. The largest absolute Gasteiger partial charge is 0.452 e. The number of benzene rings is 1. The van der Waals surface area contributed by atoms with Crippen LogP contribution in [-0.4, -0.2) is 35.4 Å². The van der Waals surface area contributed by atoms with E-state index in [1.165, 1.54) is 13.1 Å². The number of anilines is 1. The molecule has 0 saturated carbocycles. The molecule has 2 N–H and O–H groups in total. The second-order valence-corrected chi connectivity index (χ2v) is 6.27. The Hall–Kier alpha value is -2.64. The molecule has 2 amide bonds. The molecule has 142 valence electrons. The van der Waals surface area contributed by atoms with Crippen molar-refractivity contribution >= 4 is 46.7 Å². The lowest BCUT2D eigenvalue weighted by atomic mass is 10.2. The molecule has 1 unspecified atom stereocenters. The van der Waals surface area contributed by atoms with Gasteiger partial charge < -0.3 is 15.4 Å². The first-order chi connectivity index (χ1) is 12.9. The summed E-state index contributed by atoms with van der Waals surface area (Å²) in [5, 5.41) is 5.77. The molecule has 0 bridgehead atoms. The summed E-state index contributed by atoms with van der Waals surface area (Å²) in [5.74, 6) is -1.49. The summed E-state index contributed by atoms with van der Waals surface area (Å²) in [6, 6.07) is 9.53. The topological polar surface area (TPSA) is 97.4 Å². The molecule has 0 aliphatic rings. The molecule has 7 nitrogen and oxygen atoms in total. The maximum Gasteiger partial charge on any atom is 0.308 e. The number of nitrogens with one attached hydrogen (secondary N) is 2. The lowest BCUT2D eigenvalue weighted by Gasteiger charge is -2.14. The number of nitrogens with zero attached hydrogens (tertiary/aromatic N) is 1. The Morgan fingerprint density at radius 3 is 2.52 bits per heavy atom. The van der Waals surface area contributed by atoms with Gasteiger partial charge in [0.15, 0.2) is 11.3 Å². The van der Waals surface area contributed by atoms with Crippen LogP contribution in [0.1, 0.15) is 23.7 Å². The number of hydrogen-bond donors (Lipinski definition) is 2. The quantitative estimate of drug-likeness (QED) is 0.540. The van der Waals surface area contributed by atoms with Crippen molar-refractivity contribution in [3.05, 3.63) is 58.3 Å². The normalized spacial score (nSPS) is 11.4. The zero-order valence-electron chi connectivity index (χ0n) is 14.4. The van der Waals surface area contributed by atoms with E-state index in [0.717, 1.165) is 0 Å². The number of carbonyl (C=O) groups is 3. The molecule has 2 rings (SSSR count). The van der Waals surface area contributed by atoms with Gasteiger partial charge in [0.2, 0.25) is 0 Å². The minimum absolute atomic E-state index is 0.0725. The number of amides is 2. The second-order valence-electron chi connectivity index (χ2n) is 5.48. The van der Waals surface area contributed by atoms with E-state index in [2.05, 4.69) is 15.6 Å². The Bertz CT molecular complexity index is 828. The number of pyridine rings is 1. The summed E-state index contributed by atoms with van der Waals surface area (Å²) in [6.45, 7) is 1.51. The number of halogens is 2. The first-order valence-corrected chi connectivity index (χ1v) is 8.77. The maximum atomic E-state index is 12.0. The van der Waals surface area contributed by atoms with Gasteiger partial charge in [0.05, 0.1) is 12.1 Å². The fourth-order valence-corrected chi connectivity index (χ4v) is 2.30. The summed E-state index contributed by atoms with van der Waals surface area (Å²) in [4.78, 5) is 39.6. The van der Waals surface area contributed by atoms with Gasteiger partial charge in [-0.15, -0.1) is 0 Å². The van der Waals surface area contributed by atoms with Crippen LogP contribution in [0, 0.1) is 0 Å². The van der Waals surface area contributed by atoms with Crippen molar-refractivity contribution < 1.29 is 19.1 Å². The van der Waals surface area contributed by atoms with Crippen LogP contribution >= 0.6 is 23.2 Å². The average Bonchev–Trinajstić information content (AvgIpc) is 2.64. The molecule has 0 radical (unpaired) electrons. The molecule has 2 aromatic rings. The zero-order chi connectivity index (χ0) is 19.8. The molecule has 1 aromatic heterocycles. The van der Waals surface area contributed by atoms with Gasteiger partial charge in [-0.1, -0.05) is 23.2 Å². The van der Waals surface area contributed by atoms with Crippen LogP contribution < -0.4 is 10.6 Å². The lowest BCUT2D eigenvalue weighted by molar-refractivity contribution is -0.153. The van der Waals surface area contributed by atoms with Crippen molar-refractivity contribution in [2.24, 2.45) is 0 Å². The lowest BCUT2D eigenvalue weighted by Crippen LogP contribution is -2.32. The summed E-state index contributed by atoms with van der Waals surface area (Å²) >= 11 is 11.6. The predicted molar refractivity (Wildman–Crippen MR) is 102 cm³/mol. The average molecular weight is 410 g/mol. The third kappa shape index (κ3) is 6.54. The van der Waals surface area contributed by atoms with Gasteiger partial charge in [-0.25, -0.2) is 4.98 Å². The van der Waals surface area contributed by atoms with E-state index in [9.17, 15) is 14.4 Å². The van der Waals surface area contributed by atoms with Crippen LogP contribution in [0.15, 0.2) is 42.6 Å². The van der Waals surface area contributed by atoms with Crippen molar-refractivity contribution in [1.29, 1.82) is 0 Å². The van der Waals surface area contributed by atoms with Gasteiger partial charge in [0.25, 0.3) is 11.8 Å². The van der Waals surface area contributed by atoms with Crippen molar-refractivity contribution in [3.63, 3.8) is 0 Å². The number of rotatable bonds is 7. The molecule has 1 heterocycles. The molecule has 9 heteroatoms. The summed E-state index contributed by atoms with van der Waals surface area (Å²) < 4.78 is 5.04. The van der Waals surface area contributed by atoms with E-state index < -0.39 is 18.0 Å². The van der Waals surface area contributed by atoms with Gasteiger partial charge in [-0.2, -0.15) is 0 Å². The third-order valence-electron chi connectivity index (χ3n) is 3.42. The first-order valence-electron chi connectivity index (χ1n) is 8.01. The fourth-order valence-electron chi connectivity index (χ4n) is 2.00. The van der Waals surface area contributed by atoms with Gasteiger partial charge >= 0.3 is 5.97 Å². The van der Waals surface area contributed by atoms with E-state index in [1.807, 2.05) is 0 Å². The highest BCUT2D eigenvalue weighted by molar-refractivity contribution is 6.32. The Kier molecular flexibility index (Phi) is 7.57. The van der Waals surface area contributed by atoms with Crippen LogP contribution in [-0.2, 0) is 14.3 Å². The van der Waals surface area contributed by atoms with Crippen LogP contribution in [0.2, 0.25) is 10.2 Å². The molecule has 0 spiro atoms. The summed E-state index contributed by atoms with van der Waals surface area (Å²) in [6.07, 6.45) is 0.380. The Morgan fingerprint density at radius 2 is 1.85 bits per heavy atom. The summed E-state index contributed by atoms with van der Waals surface area (Å²) in [5.41, 5.74) is 0.746. The molecular weight excluding hydrogens is 393 g/mol. The molecule has 0 saturated heterocycles. The molecule has 1 atom stereocenters. The highest BCUT2D eigenvalue weighted by Gasteiger charge is 2.19. The fraction of sp³-hybridized carbons (Fsp3) is 0.222. The minimum atomic E-state index is -1.03. The van der Waals surface area contributed by atoms with Crippen molar-refractivity contribution in [2.45, 2.75) is 19.4 Å². The van der Waals surface area contributed by atoms with Gasteiger partial charge in [0.1, 0.15) is 0 Å². The minimum Gasteiger partial charge on any atom is -0.452 e. The van der Waals surface area contributed by atoms with Gasteiger partial charge in [-0.3, -0.25) is 14.4 Å². The highest BCUT2D eigenvalue weighted by Crippen LogP contribution is 2.17. The monoisotopic (exact) mass is 409 g/mol. The van der Waals surface area contributed by atoms with E-state index in [-0.39, 0.29) is 24.0 Å². The molecule has 0 aliphatic heterocycles. The molecular formula is C18H17Cl2N3O4. The standard InChI is InChI=1S/C18H17Cl2N3O4/c1-11(17(25)23-14-3-2-9-21-16(14)20)27-15(24)8-10-22-18(26)12-4-6-13(19)7-5-12/h2-7,9,11H,8,10H2,1H3,(H,22,26)(H,23,25). The number of carbonyl (C=O) groups excluding carboxylic acids is 3. The number of ether oxygens (including phenoxy) is 1. The van der Waals surface area contributed by atoms with E-state index >= 15 is 0 Å². The Labute approximate surface area is 166 Å². The van der Waals surface area contributed by atoms with Crippen LogP contribution in [0.4, 0.5) is 5.69 Å². The second kappa shape index (κ2) is 9.89. The Morgan fingerprint density at radius 1 is 1.15 bits per heavy atom. The molecule has 1 aromatic carbocycles. The molecule has 27 heavy (non-hydrogen) atoms. The predicted octanol–water partition coefficient (Wildman–Crippen LogP) is 3.08. The molecule has 0 aliphatic carbocycles. The number of hydrogen-bond acceptors (Lipinski definition) is 5. The van der Waals surface area contributed by atoms with Crippen LogP contribution in [0.25, 0.3) is 0 Å². The van der Waals surface area contributed by atoms with Gasteiger partial charge in [0, 0.05) is 23.3 Å². The summed E-state index contributed by atoms with van der Waals surface area (Å²) in [7, 11) is 0. The zero-order valence-corrected chi connectivity index (χ0v) is 15.9. The number of esters is 1. The van der Waals surface area contributed by atoms with Crippen molar-refractivity contribution in [1.82, 2.24) is 10.3 Å². The Balaban J connectivity index is 1.74. The van der Waals surface area contributed by atoms with E-state index in [4.69, 9.17) is 27.9 Å². The van der Waals surface area contributed by atoms with Crippen LogP contribution in [0.5, 0.6) is 0 Å². The van der Waals surface area contributed by atoms with Crippen molar-refractivity contribution in [3.8, 4) is 0 Å². The molecule has 0 fully saturated rings. The van der Waals surface area contributed by atoms with Crippen molar-refractivity contribution in [2.75, 3.05) is 11.9 Å². The smallest absolute Gasteiger partial charge is 0.308 e. The van der Waals surface area contributed by atoms with E-state index in [0.29, 0.717) is 16.3 Å².